The number of anilines is 1. The van der Waals surface area contributed by atoms with Crippen molar-refractivity contribution in [3.8, 4) is 0 Å². The summed E-state index contributed by atoms with van der Waals surface area (Å²) in [5.74, 6) is 0. The Morgan fingerprint density at radius 1 is 1.38 bits per heavy atom. The number of aromatic amines is 1. The Kier molecular flexibility index (Phi) is 5.79. The molecule has 6 heteroatoms. The van der Waals surface area contributed by atoms with E-state index in [4.69, 9.17) is 4.74 Å². The van der Waals surface area contributed by atoms with E-state index in [1.807, 2.05) is 6.20 Å². The second-order valence-electron chi connectivity index (χ2n) is 6.81. The fourth-order valence-electron chi connectivity index (χ4n) is 3.63. The summed E-state index contributed by atoms with van der Waals surface area (Å²) in [6.07, 6.45) is 6.79. The molecule has 0 atom stereocenters. The van der Waals surface area contributed by atoms with Crippen molar-refractivity contribution in [2.24, 2.45) is 0 Å². The van der Waals surface area contributed by atoms with Gasteiger partial charge >= 0.3 is 0 Å². The van der Waals surface area contributed by atoms with Crippen LogP contribution in [0, 0.1) is 6.92 Å². The zero-order valence-corrected chi connectivity index (χ0v) is 16.3. The Bertz CT molecular complexity index is 679. The molecule has 1 saturated carbocycles. The normalized spacial score (nSPS) is 21.5. The maximum absolute atomic E-state index is 5.19. The van der Waals surface area contributed by atoms with Gasteiger partial charge in [0, 0.05) is 41.3 Å². The van der Waals surface area contributed by atoms with Gasteiger partial charge in [0.2, 0.25) is 0 Å². The molecule has 1 fully saturated rings. The molecule has 5 nitrogen and oxygen atoms in total. The molecule has 1 aromatic heterocycles. The minimum absolute atomic E-state index is 0.531. The third kappa shape index (κ3) is 3.76. The molecular formula is C18H27BrN4O. The third-order valence-electron chi connectivity index (χ3n) is 5.26. The van der Waals surface area contributed by atoms with Gasteiger partial charge in [-0.25, -0.2) is 0 Å². The molecule has 24 heavy (non-hydrogen) atoms. The van der Waals surface area contributed by atoms with Crippen LogP contribution in [0.4, 0.5) is 5.69 Å². The minimum Gasteiger partial charge on any atom is -0.383 e. The molecule has 0 spiro atoms. The Labute approximate surface area is 152 Å². The van der Waals surface area contributed by atoms with E-state index in [1.165, 1.54) is 42.3 Å². The molecule has 0 saturated heterocycles. The summed E-state index contributed by atoms with van der Waals surface area (Å²) < 4.78 is 6.31. The predicted molar refractivity (Wildman–Crippen MR) is 103 cm³/mol. The van der Waals surface area contributed by atoms with Crippen molar-refractivity contribution in [1.82, 2.24) is 15.1 Å². The van der Waals surface area contributed by atoms with Crippen LogP contribution in [0.2, 0.25) is 0 Å². The number of hydrogen-bond acceptors (Lipinski definition) is 4. The van der Waals surface area contributed by atoms with E-state index >= 15 is 0 Å². The first-order valence-electron chi connectivity index (χ1n) is 8.68. The zero-order valence-electron chi connectivity index (χ0n) is 14.7. The summed E-state index contributed by atoms with van der Waals surface area (Å²) in [6.45, 7) is 3.98. The Balaban J connectivity index is 1.65. The van der Waals surface area contributed by atoms with Crippen LogP contribution in [0.1, 0.15) is 31.2 Å². The van der Waals surface area contributed by atoms with E-state index in [2.05, 4.69) is 56.4 Å². The van der Waals surface area contributed by atoms with Crippen LogP contribution < -0.4 is 5.32 Å². The van der Waals surface area contributed by atoms with Gasteiger partial charge in [0.15, 0.2) is 0 Å². The van der Waals surface area contributed by atoms with Gasteiger partial charge in [-0.3, -0.25) is 5.10 Å². The summed E-state index contributed by atoms with van der Waals surface area (Å²) in [5.41, 5.74) is 3.54. The van der Waals surface area contributed by atoms with Gasteiger partial charge in [0.05, 0.1) is 18.3 Å². The maximum atomic E-state index is 5.19. The first kappa shape index (κ1) is 17.7. The van der Waals surface area contributed by atoms with Crippen molar-refractivity contribution >= 4 is 32.5 Å². The summed E-state index contributed by atoms with van der Waals surface area (Å²) >= 11 is 3.66. The van der Waals surface area contributed by atoms with Crippen LogP contribution in [0.25, 0.3) is 10.9 Å². The number of benzene rings is 1. The van der Waals surface area contributed by atoms with Gasteiger partial charge in [-0.1, -0.05) is 15.9 Å². The highest BCUT2D eigenvalue weighted by atomic mass is 79.9. The lowest BCUT2D eigenvalue weighted by molar-refractivity contribution is 0.121. The molecule has 2 aromatic rings. The topological polar surface area (TPSA) is 53.2 Å². The quantitative estimate of drug-likeness (QED) is 0.778. The van der Waals surface area contributed by atoms with E-state index in [9.17, 15) is 0 Å². The van der Waals surface area contributed by atoms with Crippen molar-refractivity contribution in [3.05, 3.63) is 22.3 Å². The number of rotatable bonds is 6. The molecule has 1 aliphatic carbocycles. The molecule has 0 aliphatic heterocycles. The van der Waals surface area contributed by atoms with Crippen LogP contribution in [0.15, 0.2) is 16.7 Å². The van der Waals surface area contributed by atoms with E-state index < -0.39 is 0 Å². The third-order valence-corrected chi connectivity index (χ3v) is 6.08. The van der Waals surface area contributed by atoms with E-state index in [0.29, 0.717) is 12.1 Å². The molecule has 1 heterocycles. The molecule has 132 valence electrons. The average molecular weight is 395 g/mol. The van der Waals surface area contributed by atoms with Crippen LogP contribution in [0.3, 0.4) is 0 Å². The first-order valence-corrected chi connectivity index (χ1v) is 9.47. The van der Waals surface area contributed by atoms with Crippen LogP contribution in [-0.2, 0) is 4.74 Å². The Morgan fingerprint density at radius 2 is 2.12 bits per heavy atom. The molecule has 3 rings (SSSR count). The number of ether oxygens (including phenoxy) is 1. The van der Waals surface area contributed by atoms with E-state index in [-0.39, 0.29) is 0 Å². The monoisotopic (exact) mass is 394 g/mol. The van der Waals surface area contributed by atoms with Crippen molar-refractivity contribution in [2.75, 3.05) is 32.6 Å². The van der Waals surface area contributed by atoms with Crippen molar-refractivity contribution in [1.29, 1.82) is 0 Å². The van der Waals surface area contributed by atoms with Gasteiger partial charge in [-0.15, -0.1) is 0 Å². The average Bonchev–Trinajstić information content (AvgIpc) is 3.05. The van der Waals surface area contributed by atoms with Crippen molar-refractivity contribution in [3.63, 3.8) is 0 Å². The summed E-state index contributed by atoms with van der Waals surface area (Å²) in [6, 6.07) is 3.31. The molecule has 0 bridgehead atoms. The Hall–Kier alpha value is -1.11. The first-order chi connectivity index (χ1) is 11.6. The largest absolute Gasteiger partial charge is 0.383 e. The lowest BCUT2D eigenvalue weighted by Crippen LogP contribution is -2.39. The smallest absolute Gasteiger partial charge is 0.0682 e. The number of H-pyrrole nitrogens is 1. The lowest BCUT2D eigenvalue weighted by atomic mass is 9.90. The van der Waals surface area contributed by atoms with Gasteiger partial charge in [-0.05, 0) is 51.3 Å². The molecule has 2 N–H and O–H groups in total. The standard InChI is InChI=1S/C18H27BrN4O/c1-12-16(19)10-17-15(11-20-22-17)18(12)21-13-4-6-14(7-5-13)23(2)8-9-24-3/h10-11,13-14,21H,4-9H2,1-3H3,(H,20,22). The number of aromatic nitrogens is 2. The van der Waals surface area contributed by atoms with Gasteiger partial charge < -0.3 is 15.0 Å². The summed E-state index contributed by atoms with van der Waals surface area (Å²) in [4.78, 5) is 2.44. The molecule has 0 amide bonds. The van der Waals surface area contributed by atoms with E-state index in [1.54, 1.807) is 7.11 Å². The number of likely N-dealkylation sites (N-methyl/N-ethyl adjacent to an activating group) is 1. The predicted octanol–water partition coefficient (Wildman–Crippen LogP) is 3.94. The number of fused-ring (bicyclic) bond motifs is 1. The highest BCUT2D eigenvalue weighted by Crippen LogP contribution is 2.34. The van der Waals surface area contributed by atoms with Gasteiger partial charge in [-0.2, -0.15) is 5.10 Å². The fourth-order valence-corrected chi connectivity index (χ4v) is 4.06. The van der Waals surface area contributed by atoms with Crippen LogP contribution in [0.5, 0.6) is 0 Å². The molecule has 0 radical (unpaired) electrons. The number of nitrogens with one attached hydrogen (secondary N) is 2. The molecule has 0 unspecified atom stereocenters. The molecule has 1 aromatic carbocycles. The number of hydrogen-bond donors (Lipinski definition) is 2. The fraction of sp³-hybridized carbons (Fsp3) is 0.611. The summed E-state index contributed by atoms with van der Waals surface area (Å²) in [7, 11) is 3.98. The minimum atomic E-state index is 0.531. The number of halogens is 1. The van der Waals surface area contributed by atoms with Gasteiger partial charge in [0.25, 0.3) is 0 Å². The van der Waals surface area contributed by atoms with Gasteiger partial charge in [0.1, 0.15) is 0 Å². The summed E-state index contributed by atoms with van der Waals surface area (Å²) in [5, 5.41) is 12.2. The SMILES string of the molecule is COCCN(C)C1CCC(Nc2c(C)c(Br)cc3[nH]ncc23)CC1. The van der Waals surface area contributed by atoms with E-state index in [0.717, 1.165) is 23.1 Å². The zero-order chi connectivity index (χ0) is 17.1. The highest BCUT2D eigenvalue weighted by molar-refractivity contribution is 9.10. The Morgan fingerprint density at radius 3 is 2.83 bits per heavy atom. The molecular weight excluding hydrogens is 368 g/mol. The van der Waals surface area contributed by atoms with Crippen LogP contribution >= 0.6 is 15.9 Å². The second kappa shape index (κ2) is 7.85. The molecule has 1 aliphatic rings. The van der Waals surface area contributed by atoms with Crippen LogP contribution in [-0.4, -0.2) is 54.5 Å². The number of nitrogens with zero attached hydrogens (tertiary/aromatic N) is 2. The maximum Gasteiger partial charge on any atom is 0.0682 e. The second-order valence-corrected chi connectivity index (χ2v) is 7.67. The highest BCUT2D eigenvalue weighted by Gasteiger charge is 2.24. The number of methoxy groups -OCH3 is 1. The van der Waals surface area contributed by atoms with Crippen molar-refractivity contribution in [2.45, 2.75) is 44.7 Å². The van der Waals surface area contributed by atoms with Crippen molar-refractivity contribution < 1.29 is 4.74 Å². The lowest BCUT2D eigenvalue weighted by Gasteiger charge is -2.35.